The first-order valence-corrected chi connectivity index (χ1v) is 8.88. The molecule has 0 fully saturated rings. The first-order chi connectivity index (χ1) is 12.6. The summed E-state index contributed by atoms with van der Waals surface area (Å²) < 4.78 is 0. The zero-order chi connectivity index (χ0) is 18.1. The van der Waals surface area contributed by atoms with Crippen molar-refractivity contribution < 1.29 is 0 Å². The van der Waals surface area contributed by atoms with Gasteiger partial charge in [-0.25, -0.2) is 9.97 Å². The summed E-state index contributed by atoms with van der Waals surface area (Å²) in [7, 11) is 0. The van der Waals surface area contributed by atoms with Crippen LogP contribution >= 0.6 is 0 Å². The Balaban J connectivity index is 1.76. The molecule has 0 aliphatic heterocycles. The van der Waals surface area contributed by atoms with Crippen LogP contribution in [0.25, 0.3) is 22.3 Å². The van der Waals surface area contributed by atoms with Gasteiger partial charge in [-0.3, -0.25) is 10.1 Å². The summed E-state index contributed by atoms with van der Waals surface area (Å²) in [5.41, 5.74) is 3.94. The van der Waals surface area contributed by atoms with E-state index in [1.807, 2.05) is 13.0 Å². The highest BCUT2D eigenvalue weighted by Crippen LogP contribution is 2.27. The third-order valence-electron chi connectivity index (χ3n) is 4.72. The Hall–Kier alpha value is -3.02. The van der Waals surface area contributed by atoms with Crippen LogP contribution in [0.2, 0.25) is 0 Å². The largest absolute Gasteiger partial charge is 0.363 e. The quantitative estimate of drug-likeness (QED) is 0.745. The second-order valence-corrected chi connectivity index (χ2v) is 6.85. The molecule has 0 saturated heterocycles. The van der Waals surface area contributed by atoms with Gasteiger partial charge in [-0.1, -0.05) is 25.2 Å². The predicted octanol–water partition coefficient (Wildman–Crippen LogP) is 4.05. The van der Waals surface area contributed by atoms with E-state index in [2.05, 4.69) is 57.6 Å². The van der Waals surface area contributed by atoms with Gasteiger partial charge in [0.2, 0.25) is 0 Å². The second kappa shape index (κ2) is 6.71. The van der Waals surface area contributed by atoms with Crippen LogP contribution in [-0.4, -0.2) is 31.2 Å². The number of allylic oxidation sites excluding steroid dienone is 2. The Bertz CT molecular complexity index is 1000. The Kier molecular flexibility index (Phi) is 4.24. The molecular formula is C20H22N6. The first kappa shape index (κ1) is 16.4. The molecule has 1 unspecified atom stereocenters. The average Bonchev–Trinajstić information content (AvgIpc) is 3.07. The van der Waals surface area contributed by atoms with Crippen molar-refractivity contribution >= 4 is 16.7 Å². The highest BCUT2D eigenvalue weighted by atomic mass is 15.1. The van der Waals surface area contributed by atoms with Gasteiger partial charge in [0, 0.05) is 23.3 Å². The monoisotopic (exact) mass is 346 g/mol. The van der Waals surface area contributed by atoms with Gasteiger partial charge in [0.15, 0.2) is 5.82 Å². The van der Waals surface area contributed by atoms with E-state index in [9.17, 15) is 0 Å². The van der Waals surface area contributed by atoms with E-state index < -0.39 is 0 Å². The van der Waals surface area contributed by atoms with Gasteiger partial charge >= 0.3 is 0 Å². The van der Waals surface area contributed by atoms with Gasteiger partial charge in [-0.15, -0.1) is 0 Å². The van der Waals surface area contributed by atoms with Gasteiger partial charge in [-0.2, -0.15) is 5.10 Å². The Morgan fingerprint density at radius 1 is 1.27 bits per heavy atom. The topological polar surface area (TPSA) is 79.4 Å². The van der Waals surface area contributed by atoms with Crippen molar-refractivity contribution in [3.05, 3.63) is 54.2 Å². The summed E-state index contributed by atoms with van der Waals surface area (Å²) in [5, 5.41) is 11.6. The van der Waals surface area contributed by atoms with E-state index in [4.69, 9.17) is 4.98 Å². The summed E-state index contributed by atoms with van der Waals surface area (Å²) in [4.78, 5) is 13.7. The minimum Gasteiger partial charge on any atom is -0.363 e. The van der Waals surface area contributed by atoms with Gasteiger partial charge in [-0.05, 0) is 37.8 Å². The summed E-state index contributed by atoms with van der Waals surface area (Å²) in [6.07, 6.45) is 13.2. The Morgan fingerprint density at radius 2 is 2.15 bits per heavy atom. The van der Waals surface area contributed by atoms with Crippen LogP contribution in [0.3, 0.4) is 0 Å². The minimum absolute atomic E-state index is 0.151. The molecule has 0 amide bonds. The molecule has 0 bridgehead atoms. The molecule has 0 saturated carbocycles. The fraction of sp³-hybridized carbons (Fsp3) is 0.300. The zero-order valence-corrected chi connectivity index (χ0v) is 15.2. The van der Waals surface area contributed by atoms with E-state index in [0.717, 1.165) is 34.4 Å². The number of nitrogens with one attached hydrogen (secondary N) is 2. The van der Waals surface area contributed by atoms with Crippen LogP contribution in [0.1, 0.15) is 26.0 Å². The third-order valence-corrected chi connectivity index (χ3v) is 4.72. The zero-order valence-electron chi connectivity index (χ0n) is 15.2. The lowest BCUT2D eigenvalue weighted by Crippen LogP contribution is -2.20. The van der Waals surface area contributed by atoms with E-state index in [1.54, 1.807) is 18.6 Å². The van der Waals surface area contributed by atoms with E-state index >= 15 is 0 Å². The van der Waals surface area contributed by atoms with E-state index in [0.29, 0.717) is 11.7 Å². The lowest BCUT2D eigenvalue weighted by molar-refractivity contribution is 0.716. The number of aromatic amines is 1. The molecule has 1 aliphatic carbocycles. The highest BCUT2D eigenvalue weighted by Gasteiger charge is 2.16. The van der Waals surface area contributed by atoms with Gasteiger partial charge in [0.1, 0.15) is 5.82 Å². The van der Waals surface area contributed by atoms with Crippen LogP contribution in [0, 0.1) is 12.8 Å². The molecule has 1 aliphatic rings. The lowest BCUT2D eigenvalue weighted by atomic mass is 9.94. The molecule has 3 heterocycles. The summed E-state index contributed by atoms with van der Waals surface area (Å²) >= 11 is 0. The average molecular weight is 346 g/mol. The van der Waals surface area contributed by atoms with Crippen molar-refractivity contribution in [3.8, 4) is 11.4 Å². The normalized spacial score (nSPS) is 18.0. The number of hydrogen-bond acceptors (Lipinski definition) is 5. The number of aryl methyl sites for hydroxylation is 1. The number of aromatic nitrogens is 5. The molecule has 6 nitrogen and oxygen atoms in total. The van der Waals surface area contributed by atoms with Crippen molar-refractivity contribution in [2.75, 3.05) is 5.32 Å². The molecule has 0 aromatic carbocycles. The molecule has 3 aromatic heterocycles. The number of pyridine rings is 1. The van der Waals surface area contributed by atoms with Gasteiger partial charge < -0.3 is 5.32 Å². The van der Waals surface area contributed by atoms with Gasteiger partial charge in [0.25, 0.3) is 0 Å². The first-order valence-electron chi connectivity index (χ1n) is 8.88. The second-order valence-electron chi connectivity index (χ2n) is 6.85. The van der Waals surface area contributed by atoms with Crippen molar-refractivity contribution in [2.24, 2.45) is 5.92 Å². The highest BCUT2D eigenvalue weighted by molar-refractivity contribution is 5.90. The number of anilines is 1. The van der Waals surface area contributed by atoms with E-state index in [-0.39, 0.29) is 6.04 Å². The van der Waals surface area contributed by atoms with Crippen LogP contribution in [-0.2, 0) is 0 Å². The fourth-order valence-electron chi connectivity index (χ4n) is 3.24. The number of fused-ring (bicyclic) bond motifs is 1. The van der Waals surface area contributed by atoms with Crippen LogP contribution in [0.15, 0.2) is 48.5 Å². The summed E-state index contributed by atoms with van der Waals surface area (Å²) in [5.74, 6) is 2.02. The molecule has 3 aromatic rings. The predicted molar refractivity (Wildman–Crippen MR) is 104 cm³/mol. The Morgan fingerprint density at radius 3 is 2.92 bits per heavy atom. The maximum absolute atomic E-state index is 4.80. The Labute approximate surface area is 152 Å². The van der Waals surface area contributed by atoms with Crippen LogP contribution in [0.5, 0.6) is 0 Å². The number of nitrogens with zero attached hydrogens (tertiary/aromatic N) is 4. The summed E-state index contributed by atoms with van der Waals surface area (Å²) in [6.45, 7) is 6.36. The van der Waals surface area contributed by atoms with Crippen molar-refractivity contribution in [1.82, 2.24) is 25.1 Å². The standard InChI is InChI=1S/C20H22N6/c1-12-5-4-6-15(9-12)13(2)23-19-16-7-8-21-11-18(16)24-20(25-19)17-10-22-26-14(17)3/h4,6-13H,5H2,1-3H3,(H,22,26)(H,23,24,25)/t12-,13?/m0/s1. The summed E-state index contributed by atoms with van der Waals surface area (Å²) in [6, 6.07) is 2.10. The van der Waals surface area contributed by atoms with Crippen molar-refractivity contribution in [2.45, 2.75) is 33.2 Å². The molecule has 6 heteroatoms. The van der Waals surface area contributed by atoms with Crippen molar-refractivity contribution in [1.29, 1.82) is 0 Å². The fourth-order valence-corrected chi connectivity index (χ4v) is 3.24. The molecule has 132 valence electrons. The number of hydrogen-bond donors (Lipinski definition) is 2. The number of rotatable bonds is 4. The molecular weight excluding hydrogens is 324 g/mol. The molecule has 2 N–H and O–H groups in total. The smallest absolute Gasteiger partial charge is 0.165 e. The van der Waals surface area contributed by atoms with E-state index in [1.165, 1.54) is 5.57 Å². The maximum atomic E-state index is 4.80. The molecule has 0 radical (unpaired) electrons. The third kappa shape index (κ3) is 3.10. The van der Waals surface area contributed by atoms with Crippen molar-refractivity contribution in [3.63, 3.8) is 0 Å². The van der Waals surface area contributed by atoms with Gasteiger partial charge in [0.05, 0.1) is 23.5 Å². The molecule has 26 heavy (non-hydrogen) atoms. The molecule has 0 spiro atoms. The molecule has 4 rings (SSSR count). The lowest BCUT2D eigenvalue weighted by Gasteiger charge is -2.21. The van der Waals surface area contributed by atoms with Crippen LogP contribution < -0.4 is 5.32 Å². The SMILES string of the molecule is Cc1[nH]ncc1-c1nc(NC(C)C2=C[C@@H](C)CC=C2)c2ccncc2n1. The number of H-pyrrole nitrogens is 1. The maximum Gasteiger partial charge on any atom is 0.165 e. The molecule has 2 atom stereocenters. The van der Waals surface area contributed by atoms with Crippen LogP contribution in [0.4, 0.5) is 5.82 Å². The minimum atomic E-state index is 0.151.